The van der Waals surface area contributed by atoms with E-state index in [9.17, 15) is 0 Å². The maximum absolute atomic E-state index is 4.09. The van der Waals surface area contributed by atoms with Crippen LogP contribution in [0.4, 0.5) is 0 Å². The minimum atomic E-state index is 0.106. The summed E-state index contributed by atoms with van der Waals surface area (Å²) in [5.41, 5.74) is 3.87. The fourth-order valence-corrected chi connectivity index (χ4v) is 2.65. The summed E-state index contributed by atoms with van der Waals surface area (Å²) in [6, 6.07) is 8.78. The van der Waals surface area contributed by atoms with Crippen molar-refractivity contribution in [1.29, 1.82) is 0 Å². The Hall–Kier alpha value is -1.68. The molecule has 0 saturated heterocycles. The van der Waals surface area contributed by atoms with Gasteiger partial charge in [-0.25, -0.2) is 0 Å². The molecule has 0 fully saturated rings. The second kappa shape index (κ2) is 6.39. The molecule has 4 heteroatoms. The summed E-state index contributed by atoms with van der Waals surface area (Å²) in [4.78, 5) is 0. The molecule has 2 aromatic rings. The van der Waals surface area contributed by atoms with Gasteiger partial charge in [-0.15, -0.1) is 5.10 Å². The van der Waals surface area contributed by atoms with Crippen LogP contribution in [-0.2, 0) is 12.5 Å². The van der Waals surface area contributed by atoms with Gasteiger partial charge in [0.1, 0.15) is 0 Å². The average Bonchev–Trinajstić information content (AvgIpc) is 2.85. The number of aryl methyl sites for hydroxylation is 1. The van der Waals surface area contributed by atoms with Crippen molar-refractivity contribution >= 4 is 0 Å². The van der Waals surface area contributed by atoms with Crippen molar-refractivity contribution < 1.29 is 0 Å². The van der Waals surface area contributed by atoms with E-state index in [4.69, 9.17) is 0 Å². The second-order valence-electron chi connectivity index (χ2n) is 6.51. The zero-order chi connectivity index (χ0) is 15.5. The first-order valence-corrected chi connectivity index (χ1v) is 7.62. The Morgan fingerprint density at radius 3 is 2.52 bits per heavy atom. The maximum Gasteiger partial charge on any atom is 0.0798 e. The van der Waals surface area contributed by atoms with E-state index in [1.54, 1.807) is 0 Å². The number of benzene rings is 1. The third-order valence-corrected chi connectivity index (χ3v) is 3.72. The van der Waals surface area contributed by atoms with Crippen LogP contribution in [0.5, 0.6) is 0 Å². The highest BCUT2D eigenvalue weighted by Gasteiger charge is 2.25. The van der Waals surface area contributed by atoms with E-state index in [-0.39, 0.29) is 11.5 Å². The zero-order valence-corrected chi connectivity index (χ0v) is 13.7. The van der Waals surface area contributed by atoms with Crippen molar-refractivity contribution in [2.45, 2.75) is 45.6 Å². The minimum absolute atomic E-state index is 0.106. The van der Waals surface area contributed by atoms with Gasteiger partial charge in [0.05, 0.1) is 17.9 Å². The lowest BCUT2D eigenvalue weighted by atomic mass is 9.81. The number of hydrogen-bond acceptors (Lipinski definition) is 3. The van der Waals surface area contributed by atoms with Crippen molar-refractivity contribution in [3.63, 3.8) is 0 Å². The summed E-state index contributed by atoms with van der Waals surface area (Å²) in [6.07, 6.45) is 2.95. The number of hydrogen-bond donors (Lipinski definition) is 1. The van der Waals surface area contributed by atoms with Gasteiger partial charge in [-0.3, -0.25) is 4.68 Å². The lowest BCUT2D eigenvalue weighted by Crippen LogP contribution is -2.28. The smallest absolute Gasteiger partial charge is 0.0798 e. The summed E-state index contributed by atoms with van der Waals surface area (Å²) in [5, 5.41) is 11.8. The molecule has 0 bridgehead atoms. The van der Waals surface area contributed by atoms with Gasteiger partial charge in [0.2, 0.25) is 0 Å². The first kappa shape index (κ1) is 15.7. The van der Waals surface area contributed by atoms with Crippen LogP contribution in [0.3, 0.4) is 0 Å². The second-order valence-corrected chi connectivity index (χ2v) is 6.51. The van der Waals surface area contributed by atoms with Gasteiger partial charge >= 0.3 is 0 Å². The van der Waals surface area contributed by atoms with Crippen LogP contribution >= 0.6 is 0 Å². The molecule has 1 aromatic heterocycles. The molecule has 1 unspecified atom stereocenters. The molecule has 0 aliphatic carbocycles. The van der Waals surface area contributed by atoms with Crippen molar-refractivity contribution in [3.05, 3.63) is 47.3 Å². The lowest BCUT2D eigenvalue weighted by molar-refractivity contribution is 0.524. The molecule has 0 saturated carbocycles. The predicted octanol–water partition coefficient (Wildman–Crippen LogP) is 3.20. The SMILES string of the molecule is CCCNC(c1ccccc1C(C)(C)C)c1cnnn1C. The summed E-state index contributed by atoms with van der Waals surface area (Å²) < 4.78 is 1.85. The van der Waals surface area contributed by atoms with E-state index in [0.29, 0.717) is 0 Å². The quantitative estimate of drug-likeness (QED) is 0.918. The Bertz CT molecular complexity index is 580. The van der Waals surface area contributed by atoms with E-state index in [1.807, 2.05) is 17.9 Å². The fraction of sp³-hybridized carbons (Fsp3) is 0.529. The topological polar surface area (TPSA) is 42.7 Å². The van der Waals surface area contributed by atoms with Crippen LogP contribution in [0.15, 0.2) is 30.5 Å². The molecule has 1 N–H and O–H groups in total. The van der Waals surface area contributed by atoms with Gasteiger partial charge in [0.25, 0.3) is 0 Å². The molecule has 1 atom stereocenters. The molecule has 1 aromatic carbocycles. The molecule has 1 heterocycles. The van der Waals surface area contributed by atoms with Gasteiger partial charge in [-0.2, -0.15) is 0 Å². The minimum Gasteiger partial charge on any atom is -0.305 e. The molecule has 21 heavy (non-hydrogen) atoms. The molecule has 0 radical (unpaired) electrons. The first-order valence-electron chi connectivity index (χ1n) is 7.62. The summed E-state index contributed by atoms with van der Waals surface area (Å²) in [7, 11) is 1.95. The molecule has 2 rings (SSSR count). The summed E-state index contributed by atoms with van der Waals surface area (Å²) in [5.74, 6) is 0. The standard InChI is InChI=1S/C17H26N4/c1-6-11-18-16(15-12-19-20-21(15)5)13-9-7-8-10-14(13)17(2,3)4/h7-10,12,16,18H,6,11H2,1-5H3. The van der Waals surface area contributed by atoms with E-state index < -0.39 is 0 Å². The van der Waals surface area contributed by atoms with Crippen LogP contribution in [0.1, 0.15) is 57.0 Å². The maximum atomic E-state index is 4.09. The largest absolute Gasteiger partial charge is 0.305 e. The van der Waals surface area contributed by atoms with Gasteiger partial charge in [0, 0.05) is 7.05 Å². The van der Waals surface area contributed by atoms with E-state index in [2.05, 4.69) is 67.6 Å². The van der Waals surface area contributed by atoms with E-state index in [1.165, 1.54) is 11.1 Å². The van der Waals surface area contributed by atoms with Crippen LogP contribution < -0.4 is 5.32 Å². The molecular weight excluding hydrogens is 260 g/mol. The van der Waals surface area contributed by atoms with Crippen LogP contribution in [0.2, 0.25) is 0 Å². The Labute approximate surface area is 127 Å². The highest BCUT2D eigenvalue weighted by atomic mass is 15.4. The normalized spacial score (nSPS) is 13.4. The monoisotopic (exact) mass is 286 g/mol. The Balaban J connectivity index is 2.50. The average molecular weight is 286 g/mol. The van der Waals surface area contributed by atoms with Gasteiger partial charge < -0.3 is 5.32 Å². The van der Waals surface area contributed by atoms with Gasteiger partial charge in [-0.05, 0) is 29.5 Å². The van der Waals surface area contributed by atoms with E-state index >= 15 is 0 Å². The molecule has 0 amide bonds. The fourth-order valence-electron chi connectivity index (χ4n) is 2.65. The molecular formula is C17H26N4. The van der Waals surface area contributed by atoms with Crippen molar-refractivity contribution in [1.82, 2.24) is 20.3 Å². The number of rotatable bonds is 5. The molecule has 0 aliphatic rings. The Morgan fingerprint density at radius 1 is 1.24 bits per heavy atom. The molecule has 114 valence electrons. The van der Waals surface area contributed by atoms with Crippen LogP contribution in [-0.4, -0.2) is 21.5 Å². The number of nitrogens with one attached hydrogen (secondary N) is 1. The molecule has 4 nitrogen and oxygen atoms in total. The molecule has 0 spiro atoms. The van der Waals surface area contributed by atoms with Gasteiger partial charge in [-0.1, -0.05) is 57.2 Å². The lowest BCUT2D eigenvalue weighted by Gasteiger charge is -2.28. The van der Waals surface area contributed by atoms with Crippen molar-refractivity contribution in [3.8, 4) is 0 Å². The Kier molecular flexibility index (Phi) is 4.78. The van der Waals surface area contributed by atoms with Crippen LogP contribution in [0, 0.1) is 0 Å². The third kappa shape index (κ3) is 3.50. The summed E-state index contributed by atoms with van der Waals surface area (Å²) >= 11 is 0. The van der Waals surface area contributed by atoms with Crippen molar-refractivity contribution in [2.75, 3.05) is 6.54 Å². The molecule has 0 aliphatic heterocycles. The van der Waals surface area contributed by atoms with Gasteiger partial charge in [0.15, 0.2) is 0 Å². The first-order chi connectivity index (χ1) is 9.95. The van der Waals surface area contributed by atoms with E-state index in [0.717, 1.165) is 18.7 Å². The highest BCUT2D eigenvalue weighted by Crippen LogP contribution is 2.32. The van der Waals surface area contributed by atoms with Crippen LogP contribution in [0.25, 0.3) is 0 Å². The zero-order valence-electron chi connectivity index (χ0n) is 13.7. The summed E-state index contributed by atoms with van der Waals surface area (Å²) in [6.45, 7) is 9.91. The van der Waals surface area contributed by atoms with Crippen molar-refractivity contribution in [2.24, 2.45) is 7.05 Å². The number of aromatic nitrogens is 3. The Morgan fingerprint density at radius 2 is 1.95 bits per heavy atom. The predicted molar refractivity (Wildman–Crippen MR) is 86.3 cm³/mol. The highest BCUT2D eigenvalue weighted by molar-refractivity contribution is 5.38. The number of nitrogens with zero attached hydrogens (tertiary/aromatic N) is 3. The third-order valence-electron chi connectivity index (χ3n) is 3.72.